The molecule has 7 heteroatoms. The topological polar surface area (TPSA) is 72.3 Å². The summed E-state index contributed by atoms with van der Waals surface area (Å²) in [6.07, 6.45) is 0. The van der Waals surface area contributed by atoms with Crippen molar-refractivity contribution in [2.24, 2.45) is 0 Å². The van der Waals surface area contributed by atoms with Gasteiger partial charge in [0.25, 0.3) is 0 Å². The fraction of sp³-hybridized carbons (Fsp3) is 0.0800. The lowest BCUT2D eigenvalue weighted by Gasteiger charge is -2.14. The molecule has 6 nitrogen and oxygen atoms in total. The van der Waals surface area contributed by atoms with E-state index in [1.165, 1.54) is 0 Å². The molecule has 0 radical (unpaired) electrons. The molecule has 0 saturated heterocycles. The molecule has 0 unspecified atom stereocenters. The fourth-order valence-corrected chi connectivity index (χ4v) is 4.22. The molecule has 2 N–H and O–H groups in total. The van der Waals surface area contributed by atoms with Crippen LogP contribution in [0.5, 0.6) is 17.4 Å². The van der Waals surface area contributed by atoms with Gasteiger partial charge in [-0.15, -0.1) is 0 Å². The van der Waals surface area contributed by atoms with Gasteiger partial charge in [0, 0.05) is 21.3 Å². The van der Waals surface area contributed by atoms with E-state index >= 15 is 0 Å². The predicted octanol–water partition coefficient (Wildman–Crippen LogP) is 6.17. The number of nitrogens with one attached hydrogen (secondary N) is 1. The molecular formula is C25H20BrN3O3. The molecule has 0 spiro atoms. The van der Waals surface area contributed by atoms with Crippen molar-refractivity contribution in [2.75, 3.05) is 14.2 Å². The molecule has 32 heavy (non-hydrogen) atoms. The minimum atomic E-state index is 0.0792. The Balaban J connectivity index is 1.86. The lowest BCUT2D eigenvalue weighted by Crippen LogP contribution is -1.99. The van der Waals surface area contributed by atoms with Crippen LogP contribution in [0.3, 0.4) is 0 Å². The van der Waals surface area contributed by atoms with Gasteiger partial charge in [-0.3, -0.25) is 9.67 Å². The van der Waals surface area contributed by atoms with Crippen LogP contribution < -0.4 is 9.47 Å². The maximum Gasteiger partial charge on any atom is 0.222 e. The zero-order valence-electron chi connectivity index (χ0n) is 17.5. The molecule has 0 fully saturated rings. The molecule has 0 aliphatic carbocycles. The van der Waals surface area contributed by atoms with E-state index < -0.39 is 0 Å². The van der Waals surface area contributed by atoms with Gasteiger partial charge >= 0.3 is 0 Å². The number of nitrogens with zero attached hydrogens (tertiary/aromatic N) is 2. The number of halogens is 1. The molecule has 5 rings (SSSR count). The summed E-state index contributed by atoms with van der Waals surface area (Å²) in [6, 6.07) is 23.2. The maximum atomic E-state index is 11.3. The Bertz CT molecular complexity index is 1400. The van der Waals surface area contributed by atoms with Gasteiger partial charge in [-0.2, -0.15) is 5.10 Å². The van der Waals surface area contributed by atoms with E-state index in [1.54, 1.807) is 14.2 Å². The quantitative estimate of drug-likeness (QED) is 0.309. The van der Waals surface area contributed by atoms with Gasteiger partial charge in [0.15, 0.2) is 0 Å². The average Bonchev–Trinajstić information content (AvgIpc) is 3.39. The Morgan fingerprint density at radius 3 is 2.31 bits per heavy atom. The first kappa shape index (κ1) is 20.2. The minimum absolute atomic E-state index is 0.0792. The number of hydrogen-bond donors (Lipinski definition) is 2. The molecule has 2 aromatic heterocycles. The second-order valence-electron chi connectivity index (χ2n) is 7.24. The third kappa shape index (κ3) is 3.22. The Morgan fingerprint density at radius 1 is 0.906 bits per heavy atom. The van der Waals surface area contributed by atoms with E-state index in [-0.39, 0.29) is 5.88 Å². The molecule has 0 aliphatic rings. The average molecular weight is 490 g/mol. The lowest BCUT2D eigenvalue weighted by molar-refractivity contribution is 0.415. The van der Waals surface area contributed by atoms with Crippen molar-refractivity contribution in [3.63, 3.8) is 0 Å². The SMILES string of the molecule is COc1ccc(-c2n[nH]c3c(O)n(-c4ccc(Br)cc4)c(-c4ccccc4OC)c23)cc1. The summed E-state index contributed by atoms with van der Waals surface area (Å²) in [6.45, 7) is 0. The van der Waals surface area contributed by atoms with Gasteiger partial charge in [-0.05, 0) is 60.7 Å². The van der Waals surface area contributed by atoms with Crippen molar-refractivity contribution >= 4 is 26.8 Å². The largest absolute Gasteiger partial charge is 0.497 e. The second-order valence-corrected chi connectivity index (χ2v) is 8.15. The third-order valence-corrected chi connectivity index (χ3v) is 6.00. The number of hydrogen-bond acceptors (Lipinski definition) is 4. The van der Waals surface area contributed by atoms with Crippen molar-refractivity contribution in [1.82, 2.24) is 14.8 Å². The number of aromatic amines is 1. The molecular weight excluding hydrogens is 470 g/mol. The van der Waals surface area contributed by atoms with Crippen LogP contribution >= 0.6 is 15.9 Å². The molecule has 3 aromatic carbocycles. The molecule has 0 saturated carbocycles. The molecule has 160 valence electrons. The number of ether oxygens (including phenoxy) is 2. The van der Waals surface area contributed by atoms with Crippen LogP contribution in [0.1, 0.15) is 0 Å². The summed E-state index contributed by atoms with van der Waals surface area (Å²) in [7, 11) is 3.28. The lowest BCUT2D eigenvalue weighted by atomic mass is 10.0. The first-order chi connectivity index (χ1) is 15.6. The Kier molecular flexibility index (Phi) is 5.11. The minimum Gasteiger partial charge on any atom is -0.497 e. The normalized spacial score (nSPS) is 11.1. The van der Waals surface area contributed by atoms with Crippen LogP contribution in [-0.2, 0) is 0 Å². The standard InChI is InChI=1S/C25H20BrN3O3/c1-31-18-13-7-15(8-14-18)22-21-23(28-27-22)25(30)29(17-11-9-16(26)10-12-17)24(21)19-5-3-4-6-20(19)32-2/h3-14,28,30H,1-2H3. The van der Waals surface area contributed by atoms with Crippen LogP contribution in [0, 0.1) is 0 Å². The second kappa shape index (κ2) is 8.09. The highest BCUT2D eigenvalue weighted by atomic mass is 79.9. The van der Waals surface area contributed by atoms with Gasteiger partial charge in [-0.1, -0.05) is 28.1 Å². The predicted molar refractivity (Wildman–Crippen MR) is 129 cm³/mol. The van der Waals surface area contributed by atoms with Crippen molar-refractivity contribution < 1.29 is 14.6 Å². The third-order valence-electron chi connectivity index (χ3n) is 5.47. The zero-order chi connectivity index (χ0) is 22.2. The van der Waals surface area contributed by atoms with Gasteiger partial charge in [-0.25, -0.2) is 0 Å². The highest BCUT2D eigenvalue weighted by Gasteiger charge is 2.26. The van der Waals surface area contributed by atoms with Crippen LogP contribution in [0.15, 0.2) is 77.3 Å². The van der Waals surface area contributed by atoms with Crippen molar-refractivity contribution in [1.29, 1.82) is 0 Å². The van der Waals surface area contributed by atoms with Crippen LogP contribution in [0.2, 0.25) is 0 Å². The number of benzene rings is 3. The summed E-state index contributed by atoms with van der Waals surface area (Å²) in [5, 5.41) is 19.7. The fourth-order valence-electron chi connectivity index (χ4n) is 3.96. The van der Waals surface area contributed by atoms with E-state index in [1.807, 2.05) is 77.4 Å². The molecule has 0 amide bonds. The molecule has 2 heterocycles. The summed E-state index contributed by atoms with van der Waals surface area (Å²) in [5.41, 5.74) is 4.64. The first-order valence-electron chi connectivity index (χ1n) is 9.98. The maximum absolute atomic E-state index is 11.3. The van der Waals surface area contributed by atoms with E-state index in [2.05, 4.69) is 26.1 Å². The molecule has 5 aromatic rings. The highest BCUT2D eigenvalue weighted by molar-refractivity contribution is 9.10. The van der Waals surface area contributed by atoms with E-state index in [4.69, 9.17) is 9.47 Å². The number of para-hydroxylation sites is 1. The van der Waals surface area contributed by atoms with E-state index in [9.17, 15) is 5.11 Å². The van der Waals surface area contributed by atoms with Crippen molar-refractivity contribution in [3.05, 3.63) is 77.3 Å². The van der Waals surface area contributed by atoms with Crippen LogP contribution in [-0.4, -0.2) is 34.1 Å². The number of aromatic hydroxyl groups is 1. The van der Waals surface area contributed by atoms with Crippen LogP contribution in [0.25, 0.3) is 39.1 Å². The number of rotatable bonds is 5. The number of methoxy groups -OCH3 is 2. The van der Waals surface area contributed by atoms with Gasteiger partial charge in [0.05, 0.1) is 25.3 Å². The first-order valence-corrected chi connectivity index (χ1v) is 10.8. The van der Waals surface area contributed by atoms with E-state index in [0.29, 0.717) is 11.3 Å². The van der Waals surface area contributed by atoms with Gasteiger partial charge in [0.2, 0.25) is 5.88 Å². The smallest absolute Gasteiger partial charge is 0.222 e. The highest BCUT2D eigenvalue weighted by Crippen LogP contribution is 2.46. The van der Waals surface area contributed by atoms with Gasteiger partial charge < -0.3 is 14.6 Å². The Morgan fingerprint density at radius 2 is 1.62 bits per heavy atom. The Hall–Kier alpha value is -3.71. The summed E-state index contributed by atoms with van der Waals surface area (Å²) >= 11 is 3.49. The number of aromatic nitrogens is 3. The Labute approximate surface area is 193 Å². The molecule has 0 atom stereocenters. The summed E-state index contributed by atoms with van der Waals surface area (Å²) in [4.78, 5) is 0. The molecule has 0 bridgehead atoms. The number of fused-ring (bicyclic) bond motifs is 1. The van der Waals surface area contributed by atoms with Crippen molar-refractivity contribution in [2.45, 2.75) is 0 Å². The monoisotopic (exact) mass is 489 g/mol. The summed E-state index contributed by atoms with van der Waals surface area (Å²) in [5.74, 6) is 1.54. The van der Waals surface area contributed by atoms with Crippen LogP contribution in [0.4, 0.5) is 0 Å². The molecule has 0 aliphatic heterocycles. The summed E-state index contributed by atoms with van der Waals surface area (Å²) < 4.78 is 13.7. The van der Waals surface area contributed by atoms with Crippen molar-refractivity contribution in [3.8, 4) is 45.6 Å². The van der Waals surface area contributed by atoms with E-state index in [0.717, 1.165) is 43.8 Å². The van der Waals surface area contributed by atoms with Gasteiger partial charge in [0.1, 0.15) is 22.7 Å². The number of H-pyrrole nitrogens is 1. The zero-order valence-corrected chi connectivity index (χ0v) is 19.1.